The smallest absolute Gasteiger partial charge is 0.434 e. The van der Waals surface area contributed by atoms with E-state index in [0.29, 0.717) is 4.68 Å². The zero-order chi connectivity index (χ0) is 17.5. The standard InChI is InChI=1S/C14H10F4N4O2.CH4/c1-2-24-13(23)8-7-20-22(11(8)14(16,17)18)10-4-3-9(15)12-19-5-6-21(10)12;/h3-7H,2H2,1H3;1H4. The Morgan fingerprint density at radius 3 is 2.68 bits per heavy atom. The summed E-state index contributed by atoms with van der Waals surface area (Å²) in [6.45, 7) is 1.40. The Labute approximate surface area is 139 Å². The van der Waals surface area contributed by atoms with Gasteiger partial charge in [-0.1, -0.05) is 7.43 Å². The second-order valence-corrected chi connectivity index (χ2v) is 4.70. The maximum absolute atomic E-state index is 13.7. The maximum Gasteiger partial charge on any atom is 0.434 e. The van der Waals surface area contributed by atoms with E-state index in [4.69, 9.17) is 0 Å². The molecule has 6 nitrogen and oxygen atoms in total. The fourth-order valence-electron chi connectivity index (χ4n) is 2.29. The lowest BCUT2D eigenvalue weighted by molar-refractivity contribution is -0.143. The van der Waals surface area contributed by atoms with Gasteiger partial charge in [0.05, 0.1) is 12.8 Å². The molecule has 0 fully saturated rings. The molecule has 0 aromatic carbocycles. The monoisotopic (exact) mass is 358 g/mol. The predicted molar refractivity (Wildman–Crippen MR) is 80.0 cm³/mol. The average Bonchev–Trinajstić information content (AvgIpc) is 3.14. The fourth-order valence-corrected chi connectivity index (χ4v) is 2.29. The molecule has 10 heteroatoms. The summed E-state index contributed by atoms with van der Waals surface area (Å²) < 4.78 is 60.3. The van der Waals surface area contributed by atoms with Crippen molar-refractivity contribution in [2.24, 2.45) is 0 Å². The Hall–Kier alpha value is -2.91. The number of rotatable bonds is 3. The molecule has 25 heavy (non-hydrogen) atoms. The summed E-state index contributed by atoms with van der Waals surface area (Å²) in [5.74, 6) is -1.96. The van der Waals surface area contributed by atoms with Gasteiger partial charge in [-0.25, -0.2) is 18.9 Å². The number of carbonyl (C=O) groups is 1. The molecule has 0 saturated heterocycles. The molecule has 3 rings (SSSR count). The molecular weight excluding hydrogens is 344 g/mol. The van der Waals surface area contributed by atoms with Gasteiger partial charge in [0.15, 0.2) is 17.2 Å². The van der Waals surface area contributed by atoms with Gasteiger partial charge in [0.2, 0.25) is 0 Å². The van der Waals surface area contributed by atoms with Gasteiger partial charge >= 0.3 is 12.1 Å². The van der Waals surface area contributed by atoms with Gasteiger partial charge in [-0.15, -0.1) is 0 Å². The van der Waals surface area contributed by atoms with Crippen LogP contribution in [0.5, 0.6) is 0 Å². The summed E-state index contributed by atoms with van der Waals surface area (Å²) in [5, 5.41) is 3.64. The number of ether oxygens (including phenoxy) is 1. The van der Waals surface area contributed by atoms with Crippen molar-refractivity contribution < 1.29 is 27.1 Å². The van der Waals surface area contributed by atoms with E-state index in [9.17, 15) is 22.4 Å². The number of nitrogens with zero attached hydrogens (tertiary/aromatic N) is 4. The predicted octanol–water partition coefficient (Wildman–Crippen LogP) is 3.49. The molecule has 0 spiro atoms. The molecule has 3 aromatic rings. The highest BCUT2D eigenvalue weighted by atomic mass is 19.4. The molecule has 0 aliphatic carbocycles. The maximum atomic E-state index is 13.7. The number of carbonyl (C=O) groups excluding carboxylic acids is 1. The van der Waals surface area contributed by atoms with Crippen LogP contribution >= 0.6 is 0 Å². The first-order chi connectivity index (χ1) is 11.3. The van der Waals surface area contributed by atoms with E-state index >= 15 is 0 Å². The largest absolute Gasteiger partial charge is 0.462 e. The van der Waals surface area contributed by atoms with Crippen molar-refractivity contribution in [1.29, 1.82) is 0 Å². The van der Waals surface area contributed by atoms with E-state index in [1.165, 1.54) is 19.3 Å². The minimum atomic E-state index is -4.88. The number of pyridine rings is 1. The summed E-state index contributed by atoms with van der Waals surface area (Å²) in [5.41, 5.74) is -2.18. The van der Waals surface area contributed by atoms with Crippen LogP contribution in [-0.2, 0) is 10.9 Å². The van der Waals surface area contributed by atoms with Gasteiger partial charge < -0.3 is 4.74 Å². The Kier molecular flexibility index (Phi) is 4.82. The highest BCUT2D eigenvalue weighted by Crippen LogP contribution is 2.34. The van der Waals surface area contributed by atoms with E-state index in [1.807, 2.05) is 0 Å². The molecule has 0 aliphatic heterocycles. The Balaban J connectivity index is 0.00000225. The zero-order valence-electron chi connectivity index (χ0n) is 12.2. The van der Waals surface area contributed by atoms with Crippen LogP contribution in [0, 0.1) is 5.82 Å². The quantitative estimate of drug-likeness (QED) is 0.531. The van der Waals surface area contributed by atoms with Gasteiger partial charge in [0.1, 0.15) is 11.4 Å². The van der Waals surface area contributed by atoms with Crippen LogP contribution in [0.2, 0.25) is 0 Å². The van der Waals surface area contributed by atoms with E-state index < -0.39 is 29.2 Å². The van der Waals surface area contributed by atoms with Crippen molar-refractivity contribution in [3.8, 4) is 5.82 Å². The molecule has 0 bridgehead atoms. The summed E-state index contributed by atoms with van der Waals surface area (Å²) in [6.07, 6.45) is -1.57. The van der Waals surface area contributed by atoms with Gasteiger partial charge in [-0.2, -0.15) is 18.3 Å². The van der Waals surface area contributed by atoms with E-state index in [-0.39, 0.29) is 25.5 Å². The minimum absolute atomic E-state index is 0. The third kappa shape index (κ3) is 3.06. The number of esters is 1. The number of imidazole rings is 1. The average molecular weight is 358 g/mol. The van der Waals surface area contributed by atoms with Crippen LogP contribution in [0.25, 0.3) is 11.5 Å². The normalized spacial score (nSPS) is 11.4. The van der Waals surface area contributed by atoms with Crippen molar-refractivity contribution >= 4 is 11.6 Å². The van der Waals surface area contributed by atoms with Crippen LogP contribution in [0.1, 0.15) is 30.4 Å². The first kappa shape index (κ1) is 18.4. The van der Waals surface area contributed by atoms with Crippen LogP contribution < -0.4 is 0 Å². The van der Waals surface area contributed by atoms with Gasteiger partial charge in [-0.3, -0.25) is 4.40 Å². The number of aromatic nitrogens is 4. The Morgan fingerprint density at radius 2 is 2.04 bits per heavy atom. The molecule has 0 N–H and O–H groups in total. The molecule has 0 unspecified atom stereocenters. The summed E-state index contributed by atoms with van der Waals surface area (Å²) in [6, 6.07) is 2.09. The molecular formula is C15H14F4N4O2. The third-order valence-corrected chi connectivity index (χ3v) is 3.23. The highest BCUT2D eigenvalue weighted by molar-refractivity contribution is 5.90. The van der Waals surface area contributed by atoms with Crippen molar-refractivity contribution in [3.63, 3.8) is 0 Å². The lowest BCUT2D eigenvalue weighted by Crippen LogP contribution is -2.19. The number of fused-ring (bicyclic) bond motifs is 1. The number of halogens is 4. The lowest BCUT2D eigenvalue weighted by atomic mass is 10.2. The second kappa shape index (κ2) is 6.54. The summed E-state index contributed by atoms with van der Waals surface area (Å²) in [7, 11) is 0. The molecule has 3 heterocycles. The van der Waals surface area contributed by atoms with Crippen LogP contribution in [-0.4, -0.2) is 31.7 Å². The second-order valence-electron chi connectivity index (χ2n) is 4.70. The van der Waals surface area contributed by atoms with Gasteiger partial charge in [0.25, 0.3) is 0 Å². The molecule has 0 aliphatic rings. The highest BCUT2D eigenvalue weighted by Gasteiger charge is 2.41. The lowest BCUT2D eigenvalue weighted by Gasteiger charge is -2.13. The molecule has 0 amide bonds. The Bertz CT molecular complexity index is 914. The SMILES string of the molecule is C.CCOC(=O)c1cnn(-c2ccc(F)c3nccn23)c1C(F)(F)F. The summed E-state index contributed by atoms with van der Waals surface area (Å²) in [4.78, 5) is 15.5. The first-order valence-corrected chi connectivity index (χ1v) is 6.79. The van der Waals surface area contributed by atoms with Crippen LogP contribution in [0.15, 0.2) is 30.7 Å². The molecule has 0 saturated carbocycles. The van der Waals surface area contributed by atoms with Crippen molar-refractivity contribution in [3.05, 3.63) is 47.8 Å². The number of alkyl halides is 3. The number of hydrogen-bond donors (Lipinski definition) is 0. The minimum Gasteiger partial charge on any atom is -0.462 e. The molecule has 0 radical (unpaired) electrons. The molecule has 0 atom stereocenters. The van der Waals surface area contributed by atoms with Crippen molar-refractivity contribution in [2.75, 3.05) is 6.61 Å². The molecule has 3 aromatic heterocycles. The Morgan fingerprint density at radius 1 is 1.32 bits per heavy atom. The van der Waals surface area contributed by atoms with Gasteiger partial charge in [-0.05, 0) is 19.1 Å². The third-order valence-electron chi connectivity index (χ3n) is 3.23. The zero-order valence-corrected chi connectivity index (χ0v) is 12.2. The van der Waals surface area contributed by atoms with Crippen LogP contribution in [0.4, 0.5) is 17.6 Å². The van der Waals surface area contributed by atoms with Gasteiger partial charge in [0, 0.05) is 12.4 Å². The number of hydrogen-bond acceptors (Lipinski definition) is 4. The fraction of sp³-hybridized carbons (Fsp3) is 0.267. The topological polar surface area (TPSA) is 61.4 Å². The van der Waals surface area contributed by atoms with Crippen LogP contribution in [0.3, 0.4) is 0 Å². The van der Waals surface area contributed by atoms with E-state index in [0.717, 1.165) is 22.7 Å². The summed E-state index contributed by atoms with van der Waals surface area (Å²) >= 11 is 0. The molecule has 134 valence electrons. The van der Waals surface area contributed by atoms with Crippen molar-refractivity contribution in [1.82, 2.24) is 19.2 Å². The van der Waals surface area contributed by atoms with E-state index in [1.54, 1.807) is 0 Å². The van der Waals surface area contributed by atoms with E-state index in [2.05, 4.69) is 14.8 Å². The van der Waals surface area contributed by atoms with Crippen molar-refractivity contribution in [2.45, 2.75) is 20.5 Å². The first-order valence-electron chi connectivity index (χ1n) is 6.79.